The Kier molecular flexibility index (Phi) is 5.12. The lowest BCUT2D eigenvalue weighted by Gasteiger charge is -2.23. The van der Waals surface area contributed by atoms with Crippen LogP contribution >= 0.6 is 0 Å². The van der Waals surface area contributed by atoms with Crippen molar-refractivity contribution in [2.24, 2.45) is 0 Å². The van der Waals surface area contributed by atoms with Crippen LogP contribution in [0.25, 0.3) is 0 Å². The molecule has 19 heavy (non-hydrogen) atoms. The van der Waals surface area contributed by atoms with E-state index in [0.29, 0.717) is 6.54 Å². The first kappa shape index (κ1) is 15.7. The van der Waals surface area contributed by atoms with Crippen molar-refractivity contribution in [3.63, 3.8) is 0 Å². The maximum Gasteiger partial charge on any atom is 0.248 e. The average molecular weight is 263 g/mol. The first-order valence-electron chi connectivity index (χ1n) is 6.63. The molecule has 0 N–H and O–H groups in total. The fraction of sp³-hybridized carbons (Fsp3) is 0.562. The third-order valence-electron chi connectivity index (χ3n) is 2.96. The largest absolute Gasteiger partial charge is 0.366 e. The Morgan fingerprint density at radius 3 is 2.42 bits per heavy atom. The van der Waals surface area contributed by atoms with E-state index in [1.165, 1.54) is 16.7 Å². The van der Waals surface area contributed by atoms with Crippen LogP contribution in [0.4, 0.5) is 0 Å². The molecule has 0 aliphatic carbocycles. The highest BCUT2D eigenvalue weighted by molar-refractivity contribution is 5.77. The van der Waals surface area contributed by atoms with Crippen LogP contribution in [-0.4, -0.2) is 30.1 Å². The lowest BCUT2D eigenvalue weighted by Crippen LogP contribution is -2.33. The van der Waals surface area contributed by atoms with Crippen molar-refractivity contribution in [1.82, 2.24) is 4.90 Å². The summed E-state index contributed by atoms with van der Waals surface area (Å²) in [4.78, 5) is 13.7. The van der Waals surface area contributed by atoms with Crippen molar-refractivity contribution < 1.29 is 9.53 Å². The van der Waals surface area contributed by atoms with E-state index in [2.05, 4.69) is 32.0 Å². The third kappa shape index (κ3) is 5.43. The van der Waals surface area contributed by atoms with E-state index in [4.69, 9.17) is 4.74 Å². The highest BCUT2D eigenvalue weighted by atomic mass is 16.5. The molecule has 106 valence electrons. The van der Waals surface area contributed by atoms with Crippen molar-refractivity contribution in [2.45, 2.75) is 46.8 Å². The van der Waals surface area contributed by atoms with Crippen LogP contribution in [0.2, 0.25) is 0 Å². The molecule has 0 spiro atoms. The summed E-state index contributed by atoms with van der Waals surface area (Å²) in [5.74, 6) is 0.00917. The van der Waals surface area contributed by atoms with Crippen LogP contribution in [0.15, 0.2) is 18.2 Å². The summed E-state index contributed by atoms with van der Waals surface area (Å²) in [5, 5.41) is 0. The molecule has 1 aromatic carbocycles. The molecule has 0 aromatic heterocycles. The smallest absolute Gasteiger partial charge is 0.248 e. The van der Waals surface area contributed by atoms with Crippen LogP contribution in [0.3, 0.4) is 0 Å². The van der Waals surface area contributed by atoms with Crippen molar-refractivity contribution in [3.8, 4) is 0 Å². The Morgan fingerprint density at radius 1 is 1.26 bits per heavy atom. The van der Waals surface area contributed by atoms with Gasteiger partial charge in [0.1, 0.15) is 6.61 Å². The lowest BCUT2D eigenvalue weighted by molar-refractivity contribution is -0.140. The molecule has 0 fully saturated rings. The molecule has 1 rings (SSSR count). The number of carbonyl (C=O) groups excluding carboxylic acids is 1. The summed E-state index contributed by atoms with van der Waals surface area (Å²) >= 11 is 0. The number of aryl methyl sites for hydroxylation is 2. The van der Waals surface area contributed by atoms with Gasteiger partial charge in [0, 0.05) is 13.6 Å². The molecular formula is C16H25NO2. The fourth-order valence-electron chi connectivity index (χ4n) is 1.76. The first-order chi connectivity index (χ1) is 8.69. The molecular weight excluding hydrogens is 238 g/mol. The van der Waals surface area contributed by atoms with Gasteiger partial charge in [-0.1, -0.05) is 23.8 Å². The van der Waals surface area contributed by atoms with E-state index in [1.54, 1.807) is 4.90 Å². The van der Waals surface area contributed by atoms with E-state index in [9.17, 15) is 4.79 Å². The predicted molar refractivity (Wildman–Crippen MR) is 78.1 cm³/mol. The van der Waals surface area contributed by atoms with Gasteiger partial charge in [-0.15, -0.1) is 0 Å². The normalized spacial score (nSPS) is 11.5. The van der Waals surface area contributed by atoms with Crippen LogP contribution in [-0.2, 0) is 16.1 Å². The Bertz CT molecular complexity index is 447. The second kappa shape index (κ2) is 6.20. The van der Waals surface area contributed by atoms with E-state index < -0.39 is 0 Å². The minimum absolute atomic E-state index is 0.00917. The van der Waals surface area contributed by atoms with Gasteiger partial charge >= 0.3 is 0 Å². The number of benzene rings is 1. The number of hydrogen-bond acceptors (Lipinski definition) is 2. The van der Waals surface area contributed by atoms with Gasteiger partial charge in [-0.05, 0) is 45.7 Å². The third-order valence-corrected chi connectivity index (χ3v) is 2.96. The van der Waals surface area contributed by atoms with Gasteiger partial charge in [0.25, 0.3) is 0 Å². The molecule has 3 heteroatoms. The molecule has 0 saturated heterocycles. The molecule has 0 aliphatic heterocycles. The highest BCUT2D eigenvalue weighted by Gasteiger charge is 2.16. The van der Waals surface area contributed by atoms with Gasteiger partial charge < -0.3 is 9.64 Å². The Hall–Kier alpha value is -1.35. The number of carbonyl (C=O) groups is 1. The monoisotopic (exact) mass is 263 g/mol. The van der Waals surface area contributed by atoms with Gasteiger partial charge in [0.05, 0.1) is 5.60 Å². The molecule has 1 amide bonds. The molecule has 0 heterocycles. The molecule has 0 radical (unpaired) electrons. The fourth-order valence-corrected chi connectivity index (χ4v) is 1.76. The second-order valence-electron chi connectivity index (χ2n) is 6.08. The summed E-state index contributed by atoms with van der Waals surface area (Å²) in [6, 6.07) is 6.30. The Morgan fingerprint density at radius 2 is 1.89 bits per heavy atom. The SMILES string of the molecule is Cc1ccc(CN(C)C(=O)COC(C)(C)C)c(C)c1. The molecule has 0 bridgehead atoms. The number of amides is 1. The van der Waals surface area contributed by atoms with Crippen molar-refractivity contribution in [3.05, 3.63) is 34.9 Å². The summed E-state index contributed by atoms with van der Waals surface area (Å²) in [5.41, 5.74) is 3.36. The minimum atomic E-state index is -0.281. The van der Waals surface area contributed by atoms with E-state index in [-0.39, 0.29) is 18.1 Å². The Labute approximate surface area is 116 Å². The molecule has 0 aliphatic rings. The van der Waals surface area contributed by atoms with Gasteiger partial charge in [0.2, 0.25) is 5.91 Å². The van der Waals surface area contributed by atoms with E-state index >= 15 is 0 Å². The standard InChI is InChI=1S/C16H25NO2/c1-12-7-8-14(13(2)9-12)10-17(6)15(18)11-19-16(3,4)5/h7-9H,10-11H2,1-6H3. The topological polar surface area (TPSA) is 29.5 Å². The van der Waals surface area contributed by atoms with Crippen LogP contribution in [0.1, 0.15) is 37.5 Å². The molecule has 0 saturated carbocycles. The van der Waals surface area contributed by atoms with Gasteiger partial charge in [-0.2, -0.15) is 0 Å². The lowest BCUT2D eigenvalue weighted by atomic mass is 10.1. The first-order valence-corrected chi connectivity index (χ1v) is 6.63. The number of ether oxygens (including phenoxy) is 1. The number of likely N-dealkylation sites (N-methyl/N-ethyl adjacent to an activating group) is 1. The van der Waals surface area contributed by atoms with Gasteiger partial charge in [-0.25, -0.2) is 0 Å². The number of hydrogen-bond donors (Lipinski definition) is 0. The van der Waals surface area contributed by atoms with Crippen molar-refractivity contribution >= 4 is 5.91 Å². The minimum Gasteiger partial charge on any atom is -0.366 e. The second-order valence-corrected chi connectivity index (χ2v) is 6.08. The van der Waals surface area contributed by atoms with Gasteiger partial charge in [-0.3, -0.25) is 4.79 Å². The molecule has 0 atom stereocenters. The highest BCUT2D eigenvalue weighted by Crippen LogP contribution is 2.13. The van der Waals surface area contributed by atoms with Crippen LogP contribution < -0.4 is 0 Å². The number of nitrogens with zero attached hydrogens (tertiary/aromatic N) is 1. The van der Waals surface area contributed by atoms with E-state index in [0.717, 1.165) is 0 Å². The maximum absolute atomic E-state index is 12.0. The zero-order valence-corrected chi connectivity index (χ0v) is 12.9. The quantitative estimate of drug-likeness (QED) is 0.835. The average Bonchev–Trinajstić information content (AvgIpc) is 2.28. The zero-order chi connectivity index (χ0) is 14.6. The zero-order valence-electron chi connectivity index (χ0n) is 12.9. The number of rotatable bonds is 4. The van der Waals surface area contributed by atoms with Crippen LogP contribution in [0.5, 0.6) is 0 Å². The van der Waals surface area contributed by atoms with Gasteiger partial charge in [0.15, 0.2) is 0 Å². The molecule has 3 nitrogen and oxygen atoms in total. The summed E-state index contributed by atoms with van der Waals surface area (Å²) in [7, 11) is 1.81. The Balaban J connectivity index is 2.59. The molecule has 1 aromatic rings. The summed E-state index contributed by atoms with van der Waals surface area (Å²) in [6.45, 7) is 10.7. The summed E-state index contributed by atoms with van der Waals surface area (Å²) in [6.07, 6.45) is 0. The molecule has 0 unspecified atom stereocenters. The van der Waals surface area contributed by atoms with E-state index in [1.807, 2.05) is 27.8 Å². The van der Waals surface area contributed by atoms with Crippen molar-refractivity contribution in [2.75, 3.05) is 13.7 Å². The predicted octanol–water partition coefficient (Wildman–Crippen LogP) is 3.08. The maximum atomic E-state index is 12.0. The van der Waals surface area contributed by atoms with Crippen molar-refractivity contribution in [1.29, 1.82) is 0 Å². The van der Waals surface area contributed by atoms with Crippen LogP contribution in [0, 0.1) is 13.8 Å². The summed E-state index contributed by atoms with van der Waals surface area (Å²) < 4.78 is 5.51.